The summed E-state index contributed by atoms with van der Waals surface area (Å²) in [6.07, 6.45) is 3.71. The van der Waals surface area contributed by atoms with Crippen molar-refractivity contribution >= 4 is 23.2 Å². The van der Waals surface area contributed by atoms with E-state index in [-0.39, 0.29) is 29.6 Å². The van der Waals surface area contributed by atoms with Crippen LogP contribution in [0.2, 0.25) is 0 Å². The lowest BCUT2D eigenvalue weighted by Crippen LogP contribution is -2.34. The van der Waals surface area contributed by atoms with Crippen molar-refractivity contribution in [1.29, 1.82) is 0 Å². The van der Waals surface area contributed by atoms with Crippen molar-refractivity contribution < 1.29 is 14.0 Å². The van der Waals surface area contributed by atoms with E-state index >= 15 is 0 Å². The number of hydrogen-bond donors (Lipinski definition) is 1. The number of nitrogen functional groups attached to an aromatic ring is 1. The van der Waals surface area contributed by atoms with Crippen LogP contribution in [0, 0.1) is 11.2 Å². The Morgan fingerprint density at radius 1 is 1.21 bits per heavy atom. The van der Waals surface area contributed by atoms with Crippen LogP contribution in [0.4, 0.5) is 15.8 Å². The van der Waals surface area contributed by atoms with E-state index in [0.717, 1.165) is 36.6 Å². The highest BCUT2D eigenvalue weighted by molar-refractivity contribution is 6.22. The van der Waals surface area contributed by atoms with E-state index in [9.17, 15) is 14.0 Å². The minimum Gasteiger partial charge on any atom is -0.396 e. The van der Waals surface area contributed by atoms with Crippen LogP contribution in [0.5, 0.6) is 0 Å². The summed E-state index contributed by atoms with van der Waals surface area (Å²) in [7, 11) is 0. The van der Waals surface area contributed by atoms with E-state index in [1.54, 1.807) is 0 Å². The van der Waals surface area contributed by atoms with Crippen LogP contribution in [0.15, 0.2) is 18.2 Å². The lowest BCUT2D eigenvalue weighted by Gasteiger charge is -2.21. The number of anilines is 2. The topological polar surface area (TPSA) is 63.4 Å². The minimum absolute atomic E-state index is 0.0124. The molecule has 2 fully saturated rings. The normalized spacial score (nSPS) is 21.6. The van der Waals surface area contributed by atoms with Gasteiger partial charge in [0.15, 0.2) is 0 Å². The zero-order valence-electron chi connectivity index (χ0n) is 10.5. The van der Waals surface area contributed by atoms with Gasteiger partial charge >= 0.3 is 0 Å². The molecule has 1 saturated heterocycles. The van der Waals surface area contributed by atoms with Gasteiger partial charge in [0.1, 0.15) is 5.82 Å². The number of hydrogen-bond acceptors (Lipinski definition) is 3. The second-order valence-corrected chi connectivity index (χ2v) is 5.40. The van der Waals surface area contributed by atoms with Gasteiger partial charge < -0.3 is 5.73 Å². The van der Waals surface area contributed by atoms with Crippen molar-refractivity contribution in [1.82, 2.24) is 0 Å². The number of benzene rings is 1. The fourth-order valence-electron chi connectivity index (χ4n) is 3.15. The second-order valence-electron chi connectivity index (χ2n) is 5.40. The third-order valence-corrected chi connectivity index (χ3v) is 4.20. The lowest BCUT2D eigenvalue weighted by molar-refractivity contribution is -0.125. The van der Waals surface area contributed by atoms with E-state index in [2.05, 4.69) is 0 Å². The molecule has 1 saturated carbocycles. The quantitative estimate of drug-likeness (QED) is 0.623. The SMILES string of the molecule is Nc1ccc(N2C(=O)CC3(CCCC3)C2=O)cc1F. The summed E-state index contributed by atoms with van der Waals surface area (Å²) >= 11 is 0. The van der Waals surface area contributed by atoms with Crippen molar-refractivity contribution in [2.75, 3.05) is 10.6 Å². The van der Waals surface area contributed by atoms with Crippen molar-refractivity contribution in [2.24, 2.45) is 5.41 Å². The van der Waals surface area contributed by atoms with Gasteiger partial charge in [-0.2, -0.15) is 0 Å². The van der Waals surface area contributed by atoms with Gasteiger partial charge in [-0.25, -0.2) is 9.29 Å². The molecule has 4 nitrogen and oxygen atoms in total. The zero-order valence-corrected chi connectivity index (χ0v) is 10.5. The first kappa shape index (κ1) is 12.1. The average Bonchev–Trinajstić information content (AvgIpc) is 2.91. The van der Waals surface area contributed by atoms with Crippen LogP contribution in [0.3, 0.4) is 0 Å². The largest absolute Gasteiger partial charge is 0.396 e. The molecule has 0 bridgehead atoms. The smallest absolute Gasteiger partial charge is 0.240 e. The predicted octanol–water partition coefficient (Wildman–Crippen LogP) is 2.23. The Hall–Kier alpha value is -1.91. The van der Waals surface area contributed by atoms with Crippen LogP contribution in [0.1, 0.15) is 32.1 Å². The first-order valence-corrected chi connectivity index (χ1v) is 6.46. The summed E-state index contributed by atoms with van der Waals surface area (Å²) < 4.78 is 13.5. The molecule has 0 radical (unpaired) electrons. The third kappa shape index (κ3) is 1.72. The highest BCUT2D eigenvalue weighted by Gasteiger charge is 2.53. The number of nitrogens with zero attached hydrogens (tertiary/aromatic N) is 1. The molecule has 1 aromatic carbocycles. The van der Waals surface area contributed by atoms with Gasteiger partial charge in [-0.15, -0.1) is 0 Å². The van der Waals surface area contributed by atoms with Gasteiger partial charge in [-0.3, -0.25) is 9.59 Å². The Morgan fingerprint density at radius 2 is 1.89 bits per heavy atom. The van der Waals surface area contributed by atoms with Crippen LogP contribution in [0.25, 0.3) is 0 Å². The molecule has 3 rings (SSSR count). The molecule has 0 atom stereocenters. The molecule has 19 heavy (non-hydrogen) atoms. The van der Waals surface area contributed by atoms with Crippen molar-refractivity contribution in [3.8, 4) is 0 Å². The van der Waals surface area contributed by atoms with Crippen LogP contribution >= 0.6 is 0 Å². The van der Waals surface area contributed by atoms with E-state index in [0.29, 0.717) is 0 Å². The van der Waals surface area contributed by atoms with E-state index < -0.39 is 11.2 Å². The molecule has 1 aliphatic carbocycles. The van der Waals surface area contributed by atoms with Crippen molar-refractivity contribution in [3.05, 3.63) is 24.0 Å². The Labute approximate surface area is 110 Å². The summed E-state index contributed by atoms with van der Waals surface area (Å²) in [5.41, 5.74) is 5.17. The van der Waals surface area contributed by atoms with Crippen molar-refractivity contribution in [3.63, 3.8) is 0 Å². The van der Waals surface area contributed by atoms with E-state index in [4.69, 9.17) is 5.73 Å². The van der Waals surface area contributed by atoms with Gasteiger partial charge in [0.05, 0.1) is 16.8 Å². The number of halogens is 1. The summed E-state index contributed by atoms with van der Waals surface area (Å²) in [4.78, 5) is 25.7. The maximum absolute atomic E-state index is 13.5. The standard InChI is InChI=1S/C14H15FN2O2/c15-10-7-9(3-4-11(10)16)17-12(18)8-14(13(17)19)5-1-2-6-14/h3-4,7H,1-2,5-6,8,16H2. The number of imide groups is 1. The Kier molecular flexibility index (Phi) is 2.59. The molecule has 5 heteroatoms. The molecule has 1 spiro atoms. The molecule has 2 aliphatic rings. The number of carbonyl (C=O) groups is 2. The number of nitrogens with two attached hydrogens (primary N) is 1. The lowest BCUT2D eigenvalue weighted by atomic mass is 9.84. The molecule has 0 aromatic heterocycles. The molecule has 2 N–H and O–H groups in total. The number of rotatable bonds is 1. The van der Waals surface area contributed by atoms with Gasteiger partial charge in [0, 0.05) is 12.5 Å². The molecule has 0 unspecified atom stereocenters. The van der Waals surface area contributed by atoms with Crippen LogP contribution in [-0.4, -0.2) is 11.8 Å². The first-order valence-electron chi connectivity index (χ1n) is 6.46. The molecular formula is C14H15FN2O2. The predicted molar refractivity (Wildman–Crippen MR) is 68.8 cm³/mol. The highest BCUT2D eigenvalue weighted by atomic mass is 19.1. The molecule has 100 valence electrons. The van der Waals surface area contributed by atoms with E-state index in [1.807, 2.05) is 0 Å². The molecular weight excluding hydrogens is 247 g/mol. The molecule has 1 aliphatic heterocycles. The molecule has 1 aromatic rings. The molecule has 2 amide bonds. The number of amides is 2. The van der Waals surface area contributed by atoms with E-state index in [1.165, 1.54) is 12.1 Å². The minimum atomic E-state index is -0.606. The highest BCUT2D eigenvalue weighted by Crippen LogP contribution is 2.48. The Bertz CT molecular complexity index is 565. The maximum Gasteiger partial charge on any atom is 0.240 e. The van der Waals surface area contributed by atoms with Crippen LogP contribution < -0.4 is 10.6 Å². The summed E-state index contributed by atoms with van der Waals surface area (Å²) in [6.45, 7) is 0. The Balaban J connectivity index is 1.98. The molecule has 1 heterocycles. The van der Waals surface area contributed by atoms with Gasteiger partial charge in [-0.05, 0) is 25.0 Å². The van der Waals surface area contributed by atoms with Gasteiger partial charge in [0.25, 0.3) is 0 Å². The second kappa shape index (κ2) is 4.05. The first-order chi connectivity index (χ1) is 9.03. The summed E-state index contributed by atoms with van der Waals surface area (Å²) in [5, 5.41) is 0. The zero-order chi connectivity index (χ0) is 13.6. The maximum atomic E-state index is 13.5. The summed E-state index contributed by atoms with van der Waals surface area (Å²) in [6, 6.07) is 4.05. The summed E-state index contributed by atoms with van der Waals surface area (Å²) in [5.74, 6) is -1.03. The van der Waals surface area contributed by atoms with Crippen LogP contribution in [-0.2, 0) is 9.59 Å². The van der Waals surface area contributed by atoms with Gasteiger partial charge in [0.2, 0.25) is 11.8 Å². The van der Waals surface area contributed by atoms with Crippen molar-refractivity contribution in [2.45, 2.75) is 32.1 Å². The third-order valence-electron chi connectivity index (χ3n) is 4.20. The average molecular weight is 262 g/mol. The monoisotopic (exact) mass is 262 g/mol. The fourth-order valence-corrected chi connectivity index (χ4v) is 3.15. The number of carbonyl (C=O) groups excluding carboxylic acids is 2. The Morgan fingerprint density at radius 3 is 2.53 bits per heavy atom. The fraction of sp³-hybridized carbons (Fsp3) is 0.429. The van der Waals surface area contributed by atoms with Gasteiger partial charge in [-0.1, -0.05) is 12.8 Å².